The Kier molecular flexibility index (Phi) is 4.66. The third-order valence-corrected chi connectivity index (χ3v) is 4.66. The molecular formula is C14H28N2. The quantitative estimate of drug-likeness (QED) is 0.747. The van der Waals surface area contributed by atoms with Crippen LogP contribution in [0.5, 0.6) is 0 Å². The van der Waals surface area contributed by atoms with Gasteiger partial charge in [0.25, 0.3) is 0 Å². The summed E-state index contributed by atoms with van der Waals surface area (Å²) in [4.78, 5) is 2.72. The lowest BCUT2D eigenvalue weighted by molar-refractivity contribution is 0.189. The normalized spacial score (nSPS) is 37.5. The Labute approximate surface area is 101 Å². The van der Waals surface area contributed by atoms with E-state index < -0.39 is 0 Å². The van der Waals surface area contributed by atoms with Gasteiger partial charge in [0.15, 0.2) is 0 Å². The monoisotopic (exact) mass is 224 g/mol. The molecule has 0 aromatic carbocycles. The number of hydrogen-bond donors (Lipinski definition) is 1. The van der Waals surface area contributed by atoms with E-state index in [1.807, 2.05) is 0 Å². The van der Waals surface area contributed by atoms with Crippen molar-refractivity contribution in [2.45, 2.75) is 70.4 Å². The topological polar surface area (TPSA) is 29.3 Å². The maximum Gasteiger partial charge on any atom is 0.00932 e. The van der Waals surface area contributed by atoms with Gasteiger partial charge >= 0.3 is 0 Å². The summed E-state index contributed by atoms with van der Waals surface area (Å²) in [5.74, 6) is 0.773. The van der Waals surface area contributed by atoms with E-state index in [4.69, 9.17) is 5.73 Å². The summed E-state index contributed by atoms with van der Waals surface area (Å²) in [6.07, 6.45) is 10.9. The number of nitrogens with two attached hydrogens (primary N) is 1. The van der Waals surface area contributed by atoms with E-state index >= 15 is 0 Å². The lowest BCUT2D eigenvalue weighted by Gasteiger charge is -2.30. The van der Waals surface area contributed by atoms with Gasteiger partial charge in [-0.3, -0.25) is 0 Å². The van der Waals surface area contributed by atoms with Gasteiger partial charge in [0, 0.05) is 18.6 Å². The fraction of sp³-hybridized carbons (Fsp3) is 1.00. The van der Waals surface area contributed by atoms with Crippen LogP contribution < -0.4 is 5.73 Å². The van der Waals surface area contributed by atoms with E-state index in [9.17, 15) is 0 Å². The predicted octanol–water partition coefficient (Wildman–Crippen LogP) is 2.77. The van der Waals surface area contributed by atoms with E-state index in [1.165, 1.54) is 64.5 Å². The maximum atomic E-state index is 6.32. The van der Waals surface area contributed by atoms with Gasteiger partial charge in [-0.05, 0) is 44.6 Å². The van der Waals surface area contributed by atoms with Gasteiger partial charge in [0.2, 0.25) is 0 Å². The van der Waals surface area contributed by atoms with Crippen LogP contribution in [0.3, 0.4) is 0 Å². The Morgan fingerprint density at radius 1 is 1.06 bits per heavy atom. The van der Waals surface area contributed by atoms with E-state index in [0.29, 0.717) is 6.04 Å². The van der Waals surface area contributed by atoms with Crippen molar-refractivity contribution in [1.82, 2.24) is 4.90 Å². The summed E-state index contributed by atoms with van der Waals surface area (Å²) >= 11 is 0. The SMILES string of the molecule is CCC1CCCN1CC1CCCCCC1N. The minimum Gasteiger partial charge on any atom is -0.327 e. The number of rotatable bonds is 3. The first-order chi connectivity index (χ1) is 7.81. The van der Waals surface area contributed by atoms with Gasteiger partial charge in [0.05, 0.1) is 0 Å². The summed E-state index contributed by atoms with van der Waals surface area (Å²) in [5.41, 5.74) is 6.32. The molecule has 2 fully saturated rings. The molecular weight excluding hydrogens is 196 g/mol. The third kappa shape index (κ3) is 2.98. The van der Waals surface area contributed by atoms with Crippen molar-refractivity contribution in [1.29, 1.82) is 0 Å². The first-order valence-electron chi connectivity index (χ1n) is 7.31. The van der Waals surface area contributed by atoms with Crippen molar-refractivity contribution in [2.24, 2.45) is 11.7 Å². The Balaban J connectivity index is 1.86. The standard InChI is InChI=1S/C14H28N2/c1-2-13-8-6-10-16(13)11-12-7-4-3-5-9-14(12)15/h12-14H,2-11,15H2,1H3. The second kappa shape index (κ2) is 6.02. The molecule has 1 aliphatic carbocycles. The molecule has 0 aromatic rings. The summed E-state index contributed by atoms with van der Waals surface area (Å²) in [6, 6.07) is 1.33. The van der Waals surface area contributed by atoms with Gasteiger partial charge in [-0.2, -0.15) is 0 Å². The third-order valence-electron chi connectivity index (χ3n) is 4.66. The first-order valence-corrected chi connectivity index (χ1v) is 7.31. The molecule has 2 rings (SSSR count). The Hall–Kier alpha value is -0.0800. The van der Waals surface area contributed by atoms with Crippen molar-refractivity contribution in [3.05, 3.63) is 0 Å². The van der Waals surface area contributed by atoms with Crippen molar-refractivity contribution in [3.63, 3.8) is 0 Å². The van der Waals surface area contributed by atoms with Gasteiger partial charge in [0.1, 0.15) is 0 Å². The number of nitrogens with zero attached hydrogens (tertiary/aromatic N) is 1. The average molecular weight is 224 g/mol. The lowest BCUT2D eigenvalue weighted by Crippen LogP contribution is -2.40. The van der Waals surface area contributed by atoms with Crippen LogP contribution in [-0.4, -0.2) is 30.1 Å². The molecule has 2 N–H and O–H groups in total. The van der Waals surface area contributed by atoms with E-state index in [0.717, 1.165) is 12.0 Å². The zero-order valence-corrected chi connectivity index (χ0v) is 10.8. The molecule has 1 heterocycles. The van der Waals surface area contributed by atoms with Gasteiger partial charge < -0.3 is 10.6 Å². The van der Waals surface area contributed by atoms with Crippen LogP contribution in [-0.2, 0) is 0 Å². The van der Waals surface area contributed by atoms with Crippen LogP contribution in [0, 0.1) is 5.92 Å². The molecule has 0 bridgehead atoms. The summed E-state index contributed by atoms with van der Waals surface area (Å²) in [6.45, 7) is 4.93. The van der Waals surface area contributed by atoms with Crippen LogP contribution in [0.25, 0.3) is 0 Å². The molecule has 0 amide bonds. The molecule has 1 aliphatic heterocycles. The van der Waals surface area contributed by atoms with Gasteiger partial charge in [-0.15, -0.1) is 0 Å². The lowest BCUT2D eigenvalue weighted by atomic mass is 9.94. The number of likely N-dealkylation sites (tertiary alicyclic amines) is 1. The predicted molar refractivity (Wildman–Crippen MR) is 69.4 cm³/mol. The van der Waals surface area contributed by atoms with Gasteiger partial charge in [-0.1, -0.05) is 26.2 Å². The molecule has 3 atom stereocenters. The van der Waals surface area contributed by atoms with E-state index in [2.05, 4.69) is 11.8 Å². The van der Waals surface area contributed by atoms with E-state index in [-0.39, 0.29) is 0 Å². The van der Waals surface area contributed by atoms with Crippen LogP contribution in [0.15, 0.2) is 0 Å². The van der Waals surface area contributed by atoms with Crippen molar-refractivity contribution in [3.8, 4) is 0 Å². The molecule has 2 nitrogen and oxygen atoms in total. The van der Waals surface area contributed by atoms with Crippen molar-refractivity contribution >= 4 is 0 Å². The molecule has 0 radical (unpaired) electrons. The fourth-order valence-corrected chi connectivity index (χ4v) is 3.54. The van der Waals surface area contributed by atoms with Crippen LogP contribution in [0.2, 0.25) is 0 Å². The fourth-order valence-electron chi connectivity index (χ4n) is 3.54. The highest BCUT2D eigenvalue weighted by Gasteiger charge is 2.28. The van der Waals surface area contributed by atoms with Crippen LogP contribution in [0.4, 0.5) is 0 Å². The Morgan fingerprint density at radius 3 is 2.69 bits per heavy atom. The Bertz CT molecular complexity index is 205. The van der Waals surface area contributed by atoms with E-state index in [1.54, 1.807) is 0 Å². The average Bonchev–Trinajstić information content (AvgIpc) is 2.64. The summed E-state index contributed by atoms with van der Waals surface area (Å²) in [7, 11) is 0. The second-order valence-corrected chi connectivity index (χ2v) is 5.76. The summed E-state index contributed by atoms with van der Waals surface area (Å²) in [5, 5.41) is 0. The van der Waals surface area contributed by atoms with Crippen LogP contribution in [0.1, 0.15) is 58.3 Å². The molecule has 0 spiro atoms. The molecule has 16 heavy (non-hydrogen) atoms. The molecule has 0 aromatic heterocycles. The molecule has 3 unspecified atom stereocenters. The maximum absolute atomic E-state index is 6.32. The molecule has 2 heteroatoms. The highest BCUT2D eigenvalue weighted by atomic mass is 15.2. The van der Waals surface area contributed by atoms with Crippen molar-refractivity contribution < 1.29 is 0 Å². The summed E-state index contributed by atoms with van der Waals surface area (Å²) < 4.78 is 0. The largest absolute Gasteiger partial charge is 0.327 e. The molecule has 1 saturated carbocycles. The smallest absolute Gasteiger partial charge is 0.00932 e. The molecule has 1 saturated heterocycles. The highest BCUT2D eigenvalue weighted by molar-refractivity contribution is 4.84. The minimum absolute atomic E-state index is 0.473. The van der Waals surface area contributed by atoms with Gasteiger partial charge in [-0.25, -0.2) is 0 Å². The second-order valence-electron chi connectivity index (χ2n) is 5.76. The highest BCUT2D eigenvalue weighted by Crippen LogP contribution is 2.27. The van der Waals surface area contributed by atoms with Crippen LogP contribution >= 0.6 is 0 Å². The Morgan fingerprint density at radius 2 is 1.88 bits per heavy atom. The number of hydrogen-bond acceptors (Lipinski definition) is 2. The zero-order valence-electron chi connectivity index (χ0n) is 10.8. The zero-order chi connectivity index (χ0) is 11.4. The first kappa shape index (κ1) is 12.4. The van der Waals surface area contributed by atoms with Crippen molar-refractivity contribution in [2.75, 3.05) is 13.1 Å². The molecule has 2 aliphatic rings. The molecule has 94 valence electrons. The minimum atomic E-state index is 0.473.